The van der Waals surface area contributed by atoms with Crippen molar-refractivity contribution in [2.24, 2.45) is 0 Å². The van der Waals surface area contributed by atoms with E-state index in [1.807, 2.05) is 6.92 Å². The van der Waals surface area contributed by atoms with Gasteiger partial charge in [-0.15, -0.1) is 0 Å². The quantitative estimate of drug-likeness (QED) is 0.502. The second-order valence-corrected chi connectivity index (χ2v) is 4.15. The molecule has 1 aromatic heterocycles. The lowest BCUT2D eigenvalue weighted by Crippen LogP contribution is -2.32. The highest BCUT2D eigenvalue weighted by Crippen LogP contribution is 2.31. The van der Waals surface area contributed by atoms with Crippen molar-refractivity contribution in [2.45, 2.75) is 6.92 Å². The summed E-state index contributed by atoms with van der Waals surface area (Å²) in [5, 5.41) is 14.2. The number of hydrogen-bond donors (Lipinski definition) is 1. The van der Waals surface area contributed by atoms with Crippen LogP contribution in [0.15, 0.2) is 6.33 Å². The lowest BCUT2D eigenvalue weighted by molar-refractivity contribution is -0.383. The third-order valence-electron chi connectivity index (χ3n) is 2.76. The third kappa shape index (κ3) is 4.80. The maximum atomic E-state index is 11.4. The Morgan fingerprint density at radius 1 is 1.29 bits per heavy atom. The number of aromatic nitrogens is 2. The van der Waals surface area contributed by atoms with E-state index in [4.69, 9.17) is 9.47 Å². The molecule has 0 saturated heterocycles. The number of methoxy groups -OCH3 is 2. The summed E-state index contributed by atoms with van der Waals surface area (Å²) >= 11 is 0. The first-order valence-electron chi connectivity index (χ1n) is 6.61. The van der Waals surface area contributed by atoms with Gasteiger partial charge >= 0.3 is 5.69 Å². The molecule has 0 atom stereocenters. The molecule has 0 amide bonds. The minimum absolute atomic E-state index is 0.133. The molecule has 0 radical (unpaired) electrons. The van der Waals surface area contributed by atoms with Gasteiger partial charge in [-0.2, -0.15) is 0 Å². The number of hydrogen-bond acceptors (Lipinski definition) is 8. The number of nitrogens with zero attached hydrogens (tertiary/aromatic N) is 4. The number of anilines is 2. The number of nitrogens with one attached hydrogen (secondary N) is 1. The van der Waals surface area contributed by atoms with Gasteiger partial charge in [0.2, 0.25) is 11.6 Å². The van der Waals surface area contributed by atoms with Gasteiger partial charge in [0.05, 0.1) is 18.1 Å². The summed E-state index contributed by atoms with van der Waals surface area (Å²) in [5.41, 5.74) is -0.133. The van der Waals surface area contributed by atoms with Crippen LogP contribution in [-0.4, -0.2) is 62.0 Å². The topological polar surface area (TPSA) is 103 Å². The van der Waals surface area contributed by atoms with Crippen molar-refractivity contribution in [3.63, 3.8) is 0 Å². The maximum Gasteiger partial charge on any atom is 0.353 e. The Morgan fingerprint density at radius 3 is 2.38 bits per heavy atom. The van der Waals surface area contributed by atoms with Gasteiger partial charge in [0.15, 0.2) is 0 Å². The Labute approximate surface area is 123 Å². The van der Waals surface area contributed by atoms with E-state index in [-0.39, 0.29) is 17.3 Å². The van der Waals surface area contributed by atoms with Gasteiger partial charge < -0.3 is 19.7 Å². The van der Waals surface area contributed by atoms with Gasteiger partial charge in [0.25, 0.3) is 0 Å². The summed E-state index contributed by atoms with van der Waals surface area (Å²) in [6.07, 6.45) is 1.31. The Morgan fingerprint density at radius 2 is 1.90 bits per heavy atom. The van der Waals surface area contributed by atoms with Crippen LogP contribution in [0, 0.1) is 10.1 Å². The van der Waals surface area contributed by atoms with Crippen molar-refractivity contribution in [2.75, 3.05) is 57.3 Å². The number of ether oxygens (including phenoxy) is 2. The van der Waals surface area contributed by atoms with E-state index in [1.165, 1.54) is 6.33 Å². The second-order valence-electron chi connectivity index (χ2n) is 4.15. The van der Waals surface area contributed by atoms with E-state index in [0.29, 0.717) is 32.8 Å². The van der Waals surface area contributed by atoms with E-state index in [1.54, 1.807) is 19.1 Å². The van der Waals surface area contributed by atoms with Gasteiger partial charge in [0.1, 0.15) is 6.33 Å². The third-order valence-corrected chi connectivity index (χ3v) is 2.76. The molecule has 0 bridgehead atoms. The van der Waals surface area contributed by atoms with E-state index in [0.717, 1.165) is 0 Å². The molecule has 0 spiro atoms. The first-order chi connectivity index (χ1) is 10.2. The largest absolute Gasteiger partial charge is 0.383 e. The van der Waals surface area contributed by atoms with Crippen molar-refractivity contribution in [1.82, 2.24) is 9.97 Å². The summed E-state index contributed by atoms with van der Waals surface area (Å²) in [6.45, 7) is 4.20. The van der Waals surface area contributed by atoms with Crippen LogP contribution in [-0.2, 0) is 9.47 Å². The highest BCUT2D eigenvalue weighted by molar-refractivity contribution is 5.70. The van der Waals surface area contributed by atoms with E-state index >= 15 is 0 Å². The van der Waals surface area contributed by atoms with Gasteiger partial charge in [-0.05, 0) is 6.92 Å². The number of nitro groups is 1. The van der Waals surface area contributed by atoms with Crippen molar-refractivity contribution >= 4 is 17.3 Å². The predicted molar refractivity (Wildman–Crippen MR) is 78.8 cm³/mol. The molecule has 0 unspecified atom stereocenters. The maximum absolute atomic E-state index is 11.4. The fraction of sp³-hybridized carbons (Fsp3) is 0.667. The normalized spacial score (nSPS) is 10.4. The molecule has 1 aromatic rings. The molecule has 1 rings (SSSR count). The lowest BCUT2D eigenvalue weighted by Gasteiger charge is -2.23. The van der Waals surface area contributed by atoms with Crippen LogP contribution < -0.4 is 10.2 Å². The minimum Gasteiger partial charge on any atom is -0.383 e. The van der Waals surface area contributed by atoms with Crippen molar-refractivity contribution in [1.29, 1.82) is 0 Å². The standard InChI is InChI=1S/C12H21N5O4/c1-4-13-11-10(17(18)19)12(15-9-14-11)16(5-7-20-2)6-8-21-3/h9H,4-8H2,1-3H3,(H,13,14,15). The zero-order valence-corrected chi connectivity index (χ0v) is 12.5. The Kier molecular flexibility index (Phi) is 7.33. The second kappa shape index (κ2) is 9.03. The molecule has 9 nitrogen and oxygen atoms in total. The smallest absolute Gasteiger partial charge is 0.353 e. The molecular formula is C12H21N5O4. The summed E-state index contributed by atoms with van der Waals surface area (Å²) < 4.78 is 10.1. The Bertz CT molecular complexity index is 449. The number of rotatable bonds is 10. The zero-order valence-electron chi connectivity index (χ0n) is 12.5. The molecule has 0 aliphatic carbocycles. The Balaban J connectivity index is 3.15. The highest BCUT2D eigenvalue weighted by atomic mass is 16.6. The van der Waals surface area contributed by atoms with E-state index < -0.39 is 4.92 Å². The lowest BCUT2D eigenvalue weighted by atomic mass is 10.3. The minimum atomic E-state index is -0.472. The average Bonchev–Trinajstić information content (AvgIpc) is 2.47. The van der Waals surface area contributed by atoms with Gasteiger partial charge in [0, 0.05) is 33.9 Å². The molecule has 9 heteroatoms. The highest BCUT2D eigenvalue weighted by Gasteiger charge is 2.26. The van der Waals surface area contributed by atoms with Crippen LogP contribution >= 0.6 is 0 Å². The van der Waals surface area contributed by atoms with Gasteiger partial charge in [-0.25, -0.2) is 9.97 Å². The summed E-state index contributed by atoms with van der Waals surface area (Å²) in [5.74, 6) is 0.479. The first kappa shape index (κ1) is 17.1. The molecule has 0 fully saturated rings. The molecule has 1 heterocycles. The molecule has 118 valence electrons. The molecule has 0 aliphatic heterocycles. The molecule has 0 aliphatic rings. The van der Waals surface area contributed by atoms with Crippen LogP contribution in [0.25, 0.3) is 0 Å². The molecular weight excluding hydrogens is 278 g/mol. The monoisotopic (exact) mass is 299 g/mol. The van der Waals surface area contributed by atoms with Crippen LogP contribution in [0.5, 0.6) is 0 Å². The van der Waals surface area contributed by atoms with Crippen LogP contribution in [0.2, 0.25) is 0 Å². The first-order valence-corrected chi connectivity index (χ1v) is 6.61. The molecule has 1 N–H and O–H groups in total. The van der Waals surface area contributed by atoms with Crippen LogP contribution in [0.4, 0.5) is 17.3 Å². The van der Waals surface area contributed by atoms with Gasteiger partial charge in [-0.1, -0.05) is 0 Å². The van der Waals surface area contributed by atoms with E-state index in [2.05, 4.69) is 15.3 Å². The fourth-order valence-corrected chi connectivity index (χ4v) is 1.79. The Hall–Kier alpha value is -2.00. The van der Waals surface area contributed by atoms with Crippen molar-refractivity contribution < 1.29 is 14.4 Å². The molecule has 21 heavy (non-hydrogen) atoms. The summed E-state index contributed by atoms with van der Waals surface area (Å²) in [6, 6.07) is 0. The van der Waals surface area contributed by atoms with Crippen molar-refractivity contribution in [3.8, 4) is 0 Å². The fourth-order valence-electron chi connectivity index (χ4n) is 1.79. The van der Waals surface area contributed by atoms with E-state index in [9.17, 15) is 10.1 Å². The summed E-state index contributed by atoms with van der Waals surface area (Å²) in [4.78, 5) is 20.7. The van der Waals surface area contributed by atoms with Crippen LogP contribution in [0.3, 0.4) is 0 Å². The SMILES string of the molecule is CCNc1ncnc(N(CCOC)CCOC)c1[N+](=O)[O-]. The average molecular weight is 299 g/mol. The van der Waals surface area contributed by atoms with Crippen LogP contribution in [0.1, 0.15) is 6.92 Å². The van der Waals surface area contributed by atoms with Crippen molar-refractivity contribution in [3.05, 3.63) is 16.4 Å². The molecule has 0 aromatic carbocycles. The molecule has 0 saturated carbocycles. The van der Waals surface area contributed by atoms with Gasteiger partial charge in [-0.3, -0.25) is 10.1 Å². The zero-order chi connectivity index (χ0) is 15.7. The summed E-state index contributed by atoms with van der Waals surface area (Å²) in [7, 11) is 3.15. The predicted octanol–water partition coefficient (Wildman–Crippen LogP) is 0.916.